The Balaban J connectivity index is 2.74. The normalized spacial score (nSPS) is 9.73. The van der Waals surface area contributed by atoms with E-state index in [1.54, 1.807) is 0 Å². The van der Waals surface area contributed by atoms with E-state index in [2.05, 4.69) is 5.32 Å². The molecule has 80 valence electrons. The van der Waals surface area contributed by atoms with Crippen LogP contribution in [0.4, 0.5) is 4.39 Å². The molecule has 0 unspecified atom stereocenters. The van der Waals surface area contributed by atoms with Gasteiger partial charge in [-0.05, 0) is 18.2 Å². The van der Waals surface area contributed by atoms with Crippen LogP contribution in [0, 0.1) is 5.82 Å². The lowest BCUT2D eigenvalue weighted by Gasteiger charge is -2.02. The van der Waals surface area contributed by atoms with Gasteiger partial charge in [0.15, 0.2) is 0 Å². The van der Waals surface area contributed by atoms with Crippen LogP contribution in [0.25, 0.3) is 0 Å². The fourth-order valence-electron chi connectivity index (χ4n) is 0.895. The number of aliphatic carboxylic acids is 1. The van der Waals surface area contributed by atoms with E-state index in [-0.39, 0.29) is 10.6 Å². The van der Waals surface area contributed by atoms with Crippen LogP contribution in [-0.2, 0) is 4.79 Å². The first kappa shape index (κ1) is 11.5. The third-order valence-corrected chi connectivity index (χ3v) is 1.87. The highest BCUT2D eigenvalue weighted by molar-refractivity contribution is 6.31. The molecule has 1 rings (SSSR count). The van der Waals surface area contributed by atoms with E-state index < -0.39 is 24.2 Å². The summed E-state index contributed by atoms with van der Waals surface area (Å²) in [6.45, 7) is -0.492. The first-order chi connectivity index (χ1) is 7.00. The minimum Gasteiger partial charge on any atom is -0.480 e. The van der Waals surface area contributed by atoms with Crippen molar-refractivity contribution in [1.82, 2.24) is 5.32 Å². The van der Waals surface area contributed by atoms with Gasteiger partial charge >= 0.3 is 5.97 Å². The number of halogens is 2. The van der Waals surface area contributed by atoms with E-state index in [1.165, 1.54) is 6.07 Å². The molecular weight excluding hydrogens is 225 g/mol. The van der Waals surface area contributed by atoms with Gasteiger partial charge < -0.3 is 10.4 Å². The summed E-state index contributed by atoms with van der Waals surface area (Å²) in [5, 5.41) is 10.3. The van der Waals surface area contributed by atoms with Gasteiger partial charge in [-0.3, -0.25) is 9.59 Å². The first-order valence-electron chi connectivity index (χ1n) is 3.95. The molecule has 0 fully saturated rings. The number of carboxylic acid groups (broad SMARTS) is 1. The van der Waals surface area contributed by atoms with Crippen molar-refractivity contribution in [2.24, 2.45) is 0 Å². The molecule has 0 bridgehead atoms. The van der Waals surface area contributed by atoms with Crippen LogP contribution in [0.5, 0.6) is 0 Å². The Labute approximate surface area is 89.7 Å². The Bertz CT molecular complexity index is 408. The minimum atomic E-state index is -1.16. The topological polar surface area (TPSA) is 66.4 Å². The SMILES string of the molecule is O=C(O)CNC(=O)c1ccc(F)c(Cl)c1. The molecule has 0 aromatic heterocycles. The largest absolute Gasteiger partial charge is 0.480 e. The van der Waals surface area contributed by atoms with Crippen molar-refractivity contribution in [3.63, 3.8) is 0 Å². The Kier molecular flexibility index (Phi) is 3.62. The van der Waals surface area contributed by atoms with Gasteiger partial charge in [-0.1, -0.05) is 11.6 Å². The summed E-state index contributed by atoms with van der Waals surface area (Å²) >= 11 is 5.45. The van der Waals surface area contributed by atoms with Gasteiger partial charge in [-0.25, -0.2) is 4.39 Å². The second kappa shape index (κ2) is 4.75. The standard InChI is InChI=1S/C9H7ClFNO3/c10-6-3-5(1-2-7(6)11)9(15)12-4-8(13)14/h1-3H,4H2,(H,12,15)(H,13,14). The number of amides is 1. The molecule has 0 aliphatic carbocycles. The molecule has 1 amide bonds. The lowest BCUT2D eigenvalue weighted by atomic mass is 10.2. The first-order valence-corrected chi connectivity index (χ1v) is 4.33. The van der Waals surface area contributed by atoms with Crippen molar-refractivity contribution in [2.45, 2.75) is 0 Å². The summed E-state index contributed by atoms with van der Waals surface area (Å²) in [7, 11) is 0. The van der Waals surface area contributed by atoms with Crippen LogP contribution in [0.1, 0.15) is 10.4 Å². The molecule has 1 aromatic rings. The Hall–Kier alpha value is -1.62. The number of hydrogen-bond donors (Lipinski definition) is 2. The molecule has 0 saturated heterocycles. The van der Waals surface area contributed by atoms with Gasteiger partial charge in [0.2, 0.25) is 0 Å². The predicted octanol–water partition coefficient (Wildman–Crippen LogP) is 1.29. The summed E-state index contributed by atoms with van der Waals surface area (Å²) in [6.07, 6.45) is 0. The minimum absolute atomic E-state index is 0.114. The highest BCUT2D eigenvalue weighted by atomic mass is 35.5. The molecular formula is C9H7ClFNO3. The fourth-order valence-corrected chi connectivity index (χ4v) is 1.08. The maximum absolute atomic E-state index is 12.7. The number of carbonyl (C=O) groups is 2. The Morgan fingerprint density at radius 2 is 2.13 bits per heavy atom. The highest BCUT2D eigenvalue weighted by Crippen LogP contribution is 2.15. The zero-order valence-corrected chi connectivity index (χ0v) is 8.21. The number of hydrogen-bond acceptors (Lipinski definition) is 2. The predicted molar refractivity (Wildman–Crippen MR) is 51.4 cm³/mol. The smallest absolute Gasteiger partial charge is 0.322 e. The molecule has 2 N–H and O–H groups in total. The second-order valence-electron chi connectivity index (χ2n) is 2.71. The molecule has 0 spiro atoms. The number of nitrogens with one attached hydrogen (secondary N) is 1. The van der Waals surface area contributed by atoms with E-state index in [0.717, 1.165) is 12.1 Å². The average Bonchev–Trinajstić information content (AvgIpc) is 2.18. The number of benzene rings is 1. The van der Waals surface area contributed by atoms with Gasteiger partial charge in [0, 0.05) is 5.56 Å². The molecule has 0 saturated carbocycles. The van der Waals surface area contributed by atoms with Gasteiger partial charge in [0.05, 0.1) is 5.02 Å². The van der Waals surface area contributed by atoms with E-state index in [1.807, 2.05) is 0 Å². The number of carbonyl (C=O) groups excluding carboxylic acids is 1. The van der Waals surface area contributed by atoms with E-state index >= 15 is 0 Å². The van der Waals surface area contributed by atoms with Crippen LogP contribution in [0.3, 0.4) is 0 Å². The molecule has 0 atom stereocenters. The number of carboxylic acids is 1. The molecule has 0 radical (unpaired) electrons. The zero-order valence-electron chi connectivity index (χ0n) is 7.46. The number of rotatable bonds is 3. The van der Waals surface area contributed by atoms with Crippen molar-refractivity contribution in [1.29, 1.82) is 0 Å². The van der Waals surface area contributed by atoms with Crippen molar-refractivity contribution >= 4 is 23.5 Å². The summed E-state index contributed by atoms with van der Waals surface area (Å²) in [5.41, 5.74) is 0.114. The summed E-state index contributed by atoms with van der Waals surface area (Å²) in [6, 6.07) is 3.39. The van der Waals surface area contributed by atoms with Gasteiger partial charge in [0.25, 0.3) is 5.91 Å². The van der Waals surface area contributed by atoms with Crippen molar-refractivity contribution in [3.05, 3.63) is 34.6 Å². The molecule has 1 aromatic carbocycles. The highest BCUT2D eigenvalue weighted by Gasteiger charge is 2.09. The lowest BCUT2D eigenvalue weighted by Crippen LogP contribution is -2.29. The van der Waals surface area contributed by atoms with Crippen molar-refractivity contribution in [3.8, 4) is 0 Å². The summed E-state index contributed by atoms with van der Waals surface area (Å²) in [5.74, 6) is -2.40. The molecule has 0 aliphatic rings. The maximum Gasteiger partial charge on any atom is 0.322 e. The molecule has 6 heteroatoms. The third-order valence-electron chi connectivity index (χ3n) is 1.58. The van der Waals surface area contributed by atoms with Crippen LogP contribution in [-0.4, -0.2) is 23.5 Å². The van der Waals surface area contributed by atoms with Gasteiger partial charge in [-0.15, -0.1) is 0 Å². The zero-order chi connectivity index (χ0) is 11.4. The van der Waals surface area contributed by atoms with E-state index in [4.69, 9.17) is 16.7 Å². The second-order valence-corrected chi connectivity index (χ2v) is 3.11. The average molecular weight is 232 g/mol. The third kappa shape index (κ3) is 3.21. The lowest BCUT2D eigenvalue weighted by molar-refractivity contribution is -0.135. The van der Waals surface area contributed by atoms with Gasteiger partial charge in [0.1, 0.15) is 12.4 Å². The Morgan fingerprint density at radius 3 is 2.67 bits per heavy atom. The van der Waals surface area contributed by atoms with E-state index in [0.29, 0.717) is 0 Å². The van der Waals surface area contributed by atoms with Gasteiger partial charge in [-0.2, -0.15) is 0 Å². The molecule has 15 heavy (non-hydrogen) atoms. The van der Waals surface area contributed by atoms with E-state index in [9.17, 15) is 14.0 Å². The summed E-state index contributed by atoms with van der Waals surface area (Å²) < 4.78 is 12.7. The quantitative estimate of drug-likeness (QED) is 0.824. The fraction of sp³-hybridized carbons (Fsp3) is 0.111. The van der Waals surface area contributed by atoms with Crippen molar-refractivity contribution < 1.29 is 19.1 Å². The maximum atomic E-state index is 12.7. The molecule has 0 heterocycles. The van der Waals surface area contributed by atoms with Crippen LogP contribution in [0.15, 0.2) is 18.2 Å². The van der Waals surface area contributed by atoms with Crippen molar-refractivity contribution in [2.75, 3.05) is 6.54 Å². The van der Waals surface area contributed by atoms with Crippen LogP contribution < -0.4 is 5.32 Å². The Morgan fingerprint density at radius 1 is 1.47 bits per heavy atom. The monoisotopic (exact) mass is 231 g/mol. The molecule has 4 nitrogen and oxygen atoms in total. The molecule has 0 aliphatic heterocycles. The van der Waals surface area contributed by atoms with Crippen LogP contribution >= 0.6 is 11.6 Å². The summed E-state index contributed by atoms with van der Waals surface area (Å²) in [4.78, 5) is 21.4. The van der Waals surface area contributed by atoms with Crippen LogP contribution in [0.2, 0.25) is 5.02 Å².